The molecule has 2 heterocycles. The van der Waals surface area contributed by atoms with E-state index in [1.807, 2.05) is 57.2 Å². The maximum atomic E-state index is 13.3. The Morgan fingerprint density at radius 2 is 1.79 bits per heavy atom. The van der Waals surface area contributed by atoms with Crippen LogP contribution in [0.4, 0.5) is 17.5 Å². The highest BCUT2D eigenvalue weighted by atomic mass is 16.2. The number of nitrogens with zero attached hydrogens (tertiary/aromatic N) is 4. The van der Waals surface area contributed by atoms with Crippen LogP contribution in [0.3, 0.4) is 0 Å². The second-order valence-electron chi connectivity index (χ2n) is 11.1. The van der Waals surface area contributed by atoms with Gasteiger partial charge >= 0.3 is 0 Å². The number of Topliss-reactive ketones (excluding diaryl/α,β-unsaturated/α-hetero) is 1. The van der Waals surface area contributed by atoms with E-state index in [4.69, 9.17) is 0 Å². The summed E-state index contributed by atoms with van der Waals surface area (Å²) in [5.74, 6) is -0.0345. The molecule has 0 radical (unpaired) electrons. The summed E-state index contributed by atoms with van der Waals surface area (Å²) >= 11 is 0. The van der Waals surface area contributed by atoms with Crippen molar-refractivity contribution in [2.24, 2.45) is 10.8 Å². The van der Waals surface area contributed by atoms with Gasteiger partial charge in [-0.15, -0.1) is 0 Å². The normalized spacial score (nSPS) is 18.9. The standard InChI is InChI=1S/C31H32N6O2/c1-30(2,3)31(20-32)15-8-9-21(19-31)34-28(39)27(38)24-12-13-25(23-11-5-4-10-22(23)24)35-26-14-16-33-29(36-26)37-17-6-7-18-37/h4-5,8-14,16,19H,6-7,15,17-18H2,1-3H3,(H,34,39)(H,33,35,36). The van der Waals surface area contributed by atoms with Gasteiger partial charge in [0.1, 0.15) is 5.82 Å². The smallest absolute Gasteiger partial charge is 0.296 e. The number of hydrogen-bond donors (Lipinski definition) is 2. The quantitative estimate of drug-likeness (QED) is 0.318. The van der Waals surface area contributed by atoms with Crippen LogP contribution in [0.2, 0.25) is 0 Å². The molecule has 0 saturated carbocycles. The molecule has 1 amide bonds. The Kier molecular flexibility index (Phi) is 6.92. The summed E-state index contributed by atoms with van der Waals surface area (Å²) in [4.78, 5) is 37.7. The van der Waals surface area contributed by atoms with Gasteiger partial charge in [0.15, 0.2) is 0 Å². The Balaban J connectivity index is 1.40. The molecule has 0 bridgehead atoms. The summed E-state index contributed by atoms with van der Waals surface area (Å²) < 4.78 is 0. The van der Waals surface area contributed by atoms with Crippen LogP contribution < -0.4 is 15.5 Å². The molecular weight excluding hydrogens is 488 g/mol. The SMILES string of the molecule is CC(C)(C)C1(C#N)C=C(NC(=O)C(=O)c2ccc(Nc3ccnc(N4CCCC4)n3)c3ccccc23)C=CC1. The molecule has 1 aromatic heterocycles. The topological polar surface area (TPSA) is 111 Å². The summed E-state index contributed by atoms with van der Waals surface area (Å²) in [6, 6.07) is 15.1. The van der Waals surface area contributed by atoms with Crippen LogP contribution in [0.15, 0.2) is 72.6 Å². The van der Waals surface area contributed by atoms with Crippen LogP contribution in [0.25, 0.3) is 10.8 Å². The van der Waals surface area contributed by atoms with Gasteiger partial charge in [0.25, 0.3) is 11.7 Å². The number of ketones is 1. The molecular formula is C31H32N6O2. The molecule has 3 aromatic rings. The van der Waals surface area contributed by atoms with E-state index in [9.17, 15) is 14.9 Å². The molecule has 2 aliphatic rings. The van der Waals surface area contributed by atoms with Crippen molar-refractivity contribution in [3.63, 3.8) is 0 Å². The third-order valence-corrected chi connectivity index (χ3v) is 7.60. The van der Waals surface area contributed by atoms with E-state index in [0.717, 1.165) is 37.0 Å². The van der Waals surface area contributed by atoms with Crippen molar-refractivity contribution in [2.75, 3.05) is 23.3 Å². The lowest BCUT2D eigenvalue weighted by Gasteiger charge is -2.38. The molecule has 1 atom stereocenters. The second-order valence-corrected chi connectivity index (χ2v) is 11.1. The molecule has 1 saturated heterocycles. The van der Waals surface area contributed by atoms with E-state index in [1.54, 1.807) is 30.5 Å². The third-order valence-electron chi connectivity index (χ3n) is 7.60. The molecule has 8 heteroatoms. The number of benzene rings is 2. The molecule has 2 N–H and O–H groups in total. The van der Waals surface area contributed by atoms with Crippen molar-refractivity contribution in [3.8, 4) is 6.07 Å². The fraction of sp³-hybridized carbons (Fsp3) is 0.323. The summed E-state index contributed by atoms with van der Waals surface area (Å²) in [6.07, 6.45) is 9.94. The van der Waals surface area contributed by atoms with E-state index in [-0.39, 0.29) is 5.41 Å². The number of aromatic nitrogens is 2. The first-order valence-electron chi connectivity index (χ1n) is 13.2. The van der Waals surface area contributed by atoms with Crippen LogP contribution in [-0.4, -0.2) is 34.7 Å². The largest absolute Gasteiger partial charge is 0.341 e. The number of amides is 1. The number of anilines is 3. The number of carbonyl (C=O) groups is 2. The Labute approximate surface area is 228 Å². The number of nitriles is 1. The van der Waals surface area contributed by atoms with E-state index < -0.39 is 17.1 Å². The Morgan fingerprint density at radius 1 is 1.05 bits per heavy atom. The van der Waals surface area contributed by atoms with E-state index in [1.165, 1.54) is 0 Å². The molecule has 1 unspecified atom stereocenters. The molecule has 1 fully saturated rings. The van der Waals surface area contributed by atoms with Gasteiger partial charge in [0.2, 0.25) is 5.95 Å². The zero-order valence-electron chi connectivity index (χ0n) is 22.5. The van der Waals surface area contributed by atoms with Crippen molar-refractivity contribution in [1.82, 2.24) is 15.3 Å². The van der Waals surface area contributed by atoms with Crippen LogP contribution in [0.5, 0.6) is 0 Å². The van der Waals surface area contributed by atoms with E-state index in [0.29, 0.717) is 34.8 Å². The highest BCUT2D eigenvalue weighted by Crippen LogP contribution is 2.45. The maximum absolute atomic E-state index is 13.3. The Morgan fingerprint density at radius 3 is 2.51 bits per heavy atom. The first-order chi connectivity index (χ1) is 18.7. The minimum absolute atomic E-state index is 0.303. The van der Waals surface area contributed by atoms with Crippen molar-refractivity contribution >= 4 is 39.9 Å². The van der Waals surface area contributed by atoms with Crippen molar-refractivity contribution < 1.29 is 9.59 Å². The van der Waals surface area contributed by atoms with Crippen LogP contribution in [0, 0.1) is 22.2 Å². The van der Waals surface area contributed by atoms with Crippen molar-refractivity contribution in [1.29, 1.82) is 5.26 Å². The Hall–Kier alpha value is -4.51. The van der Waals surface area contributed by atoms with Gasteiger partial charge in [0.05, 0.1) is 11.5 Å². The summed E-state index contributed by atoms with van der Waals surface area (Å²) in [7, 11) is 0. The number of allylic oxidation sites excluding steroid dienone is 3. The highest BCUT2D eigenvalue weighted by molar-refractivity contribution is 6.45. The minimum Gasteiger partial charge on any atom is -0.341 e. The minimum atomic E-state index is -0.775. The molecule has 8 nitrogen and oxygen atoms in total. The van der Waals surface area contributed by atoms with Crippen LogP contribution >= 0.6 is 0 Å². The second kappa shape index (κ2) is 10.3. The van der Waals surface area contributed by atoms with Gasteiger partial charge in [-0.05, 0) is 60.4 Å². The predicted molar refractivity (Wildman–Crippen MR) is 153 cm³/mol. The maximum Gasteiger partial charge on any atom is 0.296 e. The van der Waals surface area contributed by atoms with Gasteiger partial charge < -0.3 is 15.5 Å². The zero-order chi connectivity index (χ0) is 27.6. The molecule has 198 valence electrons. The number of nitrogens with one attached hydrogen (secondary N) is 2. The van der Waals surface area contributed by atoms with Gasteiger partial charge in [-0.3, -0.25) is 9.59 Å². The molecule has 1 aliphatic carbocycles. The van der Waals surface area contributed by atoms with E-state index >= 15 is 0 Å². The fourth-order valence-electron chi connectivity index (χ4n) is 5.13. The van der Waals surface area contributed by atoms with Crippen molar-refractivity contribution in [3.05, 3.63) is 78.1 Å². The number of carbonyl (C=O) groups excluding carboxylic acids is 2. The molecule has 2 aromatic carbocycles. The lowest BCUT2D eigenvalue weighted by Crippen LogP contribution is -2.37. The summed E-state index contributed by atoms with van der Waals surface area (Å²) in [5.41, 5.74) is 0.414. The highest BCUT2D eigenvalue weighted by Gasteiger charge is 2.41. The van der Waals surface area contributed by atoms with Gasteiger partial charge in [-0.25, -0.2) is 4.98 Å². The average molecular weight is 521 g/mol. The lowest BCUT2D eigenvalue weighted by molar-refractivity contribution is -0.116. The van der Waals surface area contributed by atoms with E-state index in [2.05, 4.69) is 31.6 Å². The van der Waals surface area contributed by atoms with Gasteiger partial charge in [0, 0.05) is 41.6 Å². The van der Waals surface area contributed by atoms with Gasteiger partial charge in [-0.1, -0.05) is 51.1 Å². The first-order valence-corrected chi connectivity index (χ1v) is 13.2. The van der Waals surface area contributed by atoms with Crippen molar-refractivity contribution in [2.45, 2.75) is 40.0 Å². The fourth-order valence-corrected chi connectivity index (χ4v) is 5.13. The average Bonchev–Trinajstić information content (AvgIpc) is 3.48. The number of fused-ring (bicyclic) bond motifs is 1. The first kappa shape index (κ1) is 26.1. The summed E-state index contributed by atoms with van der Waals surface area (Å²) in [6.45, 7) is 7.88. The van der Waals surface area contributed by atoms with Crippen LogP contribution in [-0.2, 0) is 4.79 Å². The molecule has 39 heavy (non-hydrogen) atoms. The summed E-state index contributed by atoms with van der Waals surface area (Å²) in [5, 5.41) is 17.5. The zero-order valence-corrected chi connectivity index (χ0v) is 22.5. The Bertz CT molecular complexity index is 1540. The molecule has 1 aliphatic heterocycles. The number of rotatable bonds is 6. The molecule has 0 spiro atoms. The van der Waals surface area contributed by atoms with Gasteiger partial charge in [-0.2, -0.15) is 10.2 Å². The number of hydrogen-bond acceptors (Lipinski definition) is 7. The monoisotopic (exact) mass is 520 g/mol. The van der Waals surface area contributed by atoms with Crippen LogP contribution in [0.1, 0.15) is 50.4 Å². The molecule has 5 rings (SSSR count). The predicted octanol–water partition coefficient (Wildman–Crippen LogP) is 5.67. The lowest BCUT2D eigenvalue weighted by atomic mass is 9.64. The third kappa shape index (κ3) is 5.13.